The molecular weight excluding hydrogens is 252 g/mol. The number of aromatic nitrogens is 3. The van der Waals surface area contributed by atoms with Gasteiger partial charge in [0.2, 0.25) is 5.89 Å². The molecule has 2 aromatic heterocycles. The second-order valence-electron chi connectivity index (χ2n) is 5.38. The first kappa shape index (κ1) is 13.1. The summed E-state index contributed by atoms with van der Waals surface area (Å²) in [4.78, 5) is 4.26. The van der Waals surface area contributed by atoms with Gasteiger partial charge in [0.05, 0.1) is 0 Å². The molecule has 0 amide bonds. The summed E-state index contributed by atoms with van der Waals surface area (Å²) in [7, 11) is 0. The highest BCUT2D eigenvalue weighted by Gasteiger charge is 2.21. The molecule has 0 bridgehead atoms. The lowest BCUT2D eigenvalue weighted by atomic mass is 9.89. The minimum absolute atomic E-state index is 0.451. The molecule has 0 saturated heterocycles. The van der Waals surface area contributed by atoms with Crippen molar-refractivity contribution in [3.8, 4) is 0 Å². The van der Waals surface area contributed by atoms with Gasteiger partial charge in [0.25, 0.3) is 0 Å². The maximum atomic E-state index is 5.73. The largest absolute Gasteiger partial charge is 0.408 e. The average Bonchev–Trinajstić information content (AvgIpc) is 2.96. The van der Waals surface area contributed by atoms with E-state index in [0.29, 0.717) is 18.5 Å². The molecule has 0 spiro atoms. The Kier molecular flexibility index (Phi) is 3.95. The second-order valence-corrected chi connectivity index (χ2v) is 5.38. The Morgan fingerprint density at radius 2 is 2.10 bits per heavy atom. The van der Waals surface area contributed by atoms with Crippen LogP contribution in [0.5, 0.6) is 0 Å². The molecule has 5 heteroatoms. The van der Waals surface area contributed by atoms with Crippen molar-refractivity contribution in [2.75, 3.05) is 5.32 Å². The highest BCUT2D eigenvalue weighted by molar-refractivity contribution is 5.25. The van der Waals surface area contributed by atoms with E-state index in [4.69, 9.17) is 4.42 Å². The Labute approximate surface area is 118 Å². The summed E-state index contributed by atoms with van der Waals surface area (Å²) in [6, 6.07) is 4.49. The van der Waals surface area contributed by atoms with E-state index >= 15 is 0 Å². The van der Waals surface area contributed by atoms with Gasteiger partial charge in [-0.25, -0.2) is 0 Å². The molecule has 1 fully saturated rings. The SMILES string of the molecule is Cc1ncccc1CNc1nnc(C2CCCCC2)o1. The zero-order valence-electron chi connectivity index (χ0n) is 11.8. The van der Waals surface area contributed by atoms with E-state index in [1.807, 2.05) is 19.1 Å². The van der Waals surface area contributed by atoms with Gasteiger partial charge in [0, 0.05) is 24.4 Å². The zero-order valence-corrected chi connectivity index (χ0v) is 11.8. The molecule has 0 aromatic carbocycles. The Bertz CT molecular complexity index is 561. The molecule has 1 aliphatic rings. The first-order valence-electron chi connectivity index (χ1n) is 7.30. The van der Waals surface area contributed by atoms with Crippen LogP contribution in [-0.4, -0.2) is 15.2 Å². The zero-order chi connectivity index (χ0) is 13.8. The van der Waals surface area contributed by atoms with Crippen LogP contribution in [0.15, 0.2) is 22.7 Å². The van der Waals surface area contributed by atoms with E-state index in [0.717, 1.165) is 17.1 Å². The van der Waals surface area contributed by atoms with Gasteiger partial charge in [-0.1, -0.05) is 30.4 Å². The van der Waals surface area contributed by atoms with Gasteiger partial charge in [-0.15, -0.1) is 5.10 Å². The number of hydrogen-bond acceptors (Lipinski definition) is 5. The smallest absolute Gasteiger partial charge is 0.315 e. The Morgan fingerprint density at radius 1 is 1.25 bits per heavy atom. The Balaban J connectivity index is 1.61. The van der Waals surface area contributed by atoms with E-state index in [1.54, 1.807) is 6.20 Å². The molecule has 0 aliphatic heterocycles. The fraction of sp³-hybridized carbons (Fsp3) is 0.533. The molecule has 1 saturated carbocycles. The number of nitrogens with zero attached hydrogens (tertiary/aromatic N) is 3. The van der Waals surface area contributed by atoms with E-state index < -0.39 is 0 Å². The van der Waals surface area contributed by atoms with Gasteiger partial charge in [-0.3, -0.25) is 4.98 Å². The third-order valence-electron chi connectivity index (χ3n) is 3.94. The van der Waals surface area contributed by atoms with Crippen LogP contribution in [0, 0.1) is 6.92 Å². The van der Waals surface area contributed by atoms with Crippen molar-refractivity contribution in [1.29, 1.82) is 0 Å². The van der Waals surface area contributed by atoms with Gasteiger partial charge in [0.15, 0.2) is 0 Å². The molecule has 0 unspecified atom stereocenters. The van der Waals surface area contributed by atoms with Crippen LogP contribution in [0.1, 0.15) is 55.2 Å². The molecule has 2 heterocycles. The van der Waals surface area contributed by atoms with Crippen molar-refractivity contribution < 1.29 is 4.42 Å². The van der Waals surface area contributed by atoms with E-state index in [-0.39, 0.29) is 0 Å². The van der Waals surface area contributed by atoms with Gasteiger partial charge >= 0.3 is 6.01 Å². The van der Waals surface area contributed by atoms with Gasteiger partial charge in [0.1, 0.15) is 0 Å². The normalized spacial score (nSPS) is 16.2. The maximum Gasteiger partial charge on any atom is 0.315 e. The van der Waals surface area contributed by atoms with Crippen molar-refractivity contribution in [3.63, 3.8) is 0 Å². The molecule has 0 radical (unpaired) electrons. The molecule has 5 nitrogen and oxygen atoms in total. The number of hydrogen-bond donors (Lipinski definition) is 1. The standard InChI is InChI=1S/C15H20N4O/c1-11-13(8-5-9-16-11)10-17-15-19-18-14(20-15)12-6-3-2-4-7-12/h5,8-9,12H,2-4,6-7,10H2,1H3,(H,17,19). The fourth-order valence-electron chi connectivity index (χ4n) is 2.70. The van der Waals surface area contributed by atoms with Crippen molar-refractivity contribution in [1.82, 2.24) is 15.2 Å². The van der Waals surface area contributed by atoms with Crippen molar-refractivity contribution in [2.24, 2.45) is 0 Å². The maximum absolute atomic E-state index is 5.73. The van der Waals surface area contributed by atoms with Crippen LogP contribution >= 0.6 is 0 Å². The molecule has 20 heavy (non-hydrogen) atoms. The van der Waals surface area contributed by atoms with Crippen molar-refractivity contribution in [3.05, 3.63) is 35.5 Å². The van der Waals surface area contributed by atoms with E-state index in [1.165, 1.54) is 32.1 Å². The summed E-state index contributed by atoms with van der Waals surface area (Å²) in [6.45, 7) is 2.66. The van der Waals surface area contributed by atoms with Crippen molar-refractivity contribution >= 4 is 6.01 Å². The first-order chi connectivity index (χ1) is 9.83. The molecular formula is C15H20N4O. The lowest BCUT2D eigenvalue weighted by molar-refractivity contribution is 0.367. The topological polar surface area (TPSA) is 63.8 Å². The van der Waals surface area contributed by atoms with Crippen LogP contribution < -0.4 is 5.32 Å². The lowest BCUT2D eigenvalue weighted by Gasteiger charge is -2.17. The molecule has 106 valence electrons. The van der Waals surface area contributed by atoms with Crippen LogP contribution in [0.3, 0.4) is 0 Å². The van der Waals surface area contributed by atoms with Crippen LogP contribution in [-0.2, 0) is 6.54 Å². The Hall–Kier alpha value is -1.91. The monoisotopic (exact) mass is 272 g/mol. The van der Waals surface area contributed by atoms with E-state index in [2.05, 4.69) is 20.5 Å². The van der Waals surface area contributed by atoms with Gasteiger partial charge in [-0.2, -0.15) is 0 Å². The van der Waals surface area contributed by atoms with Gasteiger partial charge in [-0.05, 0) is 31.4 Å². The number of anilines is 1. The summed E-state index contributed by atoms with van der Waals surface area (Å²) in [5.74, 6) is 1.24. The Morgan fingerprint density at radius 3 is 2.90 bits per heavy atom. The minimum atomic E-state index is 0.451. The van der Waals surface area contributed by atoms with Crippen LogP contribution in [0.4, 0.5) is 6.01 Å². The predicted molar refractivity (Wildman–Crippen MR) is 76.4 cm³/mol. The molecule has 0 atom stereocenters. The highest BCUT2D eigenvalue weighted by atomic mass is 16.4. The number of aryl methyl sites for hydroxylation is 1. The second kappa shape index (κ2) is 6.03. The van der Waals surface area contributed by atoms with Crippen LogP contribution in [0.2, 0.25) is 0 Å². The molecule has 1 N–H and O–H groups in total. The summed E-state index contributed by atoms with van der Waals surface area (Å²) in [6.07, 6.45) is 8.00. The minimum Gasteiger partial charge on any atom is -0.408 e. The third kappa shape index (κ3) is 2.98. The molecule has 2 aromatic rings. The molecule has 3 rings (SSSR count). The highest BCUT2D eigenvalue weighted by Crippen LogP contribution is 2.32. The summed E-state index contributed by atoms with van der Waals surface area (Å²) in [5, 5.41) is 11.4. The van der Waals surface area contributed by atoms with Crippen molar-refractivity contribution in [2.45, 2.75) is 51.5 Å². The van der Waals surface area contributed by atoms with Gasteiger partial charge < -0.3 is 9.73 Å². The first-order valence-corrected chi connectivity index (χ1v) is 7.30. The fourth-order valence-corrected chi connectivity index (χ4v) is 2.70. The summed E-state index contributed by atoms with van der Waals surface area (Å²) in [5.41, 5.74) is 2.16. The number of rotatable bonds is 4. The summed E-state index contributed by atoms with van der Waals surface area (Å²) < 4.78 is 5.73. The van der Waals surface area contributed by atoms with E-state index in [9.17, 15) is 0 Å². The predicted octanol–water partition coefficient (Wildman–Crippen LogP) is 3.43. The number of nitrogens with one attached hydrogen (secondary N) is 1. The summed E-state index contributed by atoms with van der Waals surface area (Å²) >= 11 is 0. The number of pyridine rings is 1. The average molecular weight is 272 g/mol. The van der Waals surface area contributed by atoms with Crippen LogP contribution in [0.25, 0.3) is 0 Å². The third-order valence-corrected chi connectivity index (χ3v) is 3.94. The quantitative estimate of drug-likeness (QED) is 0.923. The lowest BCUT2D eigenvalue weighted by Crippen LogP contribution is -2.04. The molecule has 1 aliphatic carbocycles.